The van der Waals surface area contributed by atoms with Gasteiger partial charge in [-0.15, -0.1) is 0 Å². The Labute approximate surface area is 209 Å². The number of nitrogens with zero attached hydrogens (tertiary/aromatic N) is 4. The van der Waals surface area contributed by atoms with Gasteiger partial charge in [0.05, 0.1) is 13.1 Å². The third kappa shape index (κ3) is 4.52. The topological polar surface area (TPSA) is 150 Å². The summed E-state index contributed by atoms with van der Waals surface area (Å²) in [6.45, 7) is 7.83. The van der Waals surface area contributed by atoms with Crippen molar-refractivity contribution in [2.75, 3.05) is 18.8 Å². The molecule has 3 aromatic heterocycles. The molecule has 1 aromatic carbocycles. The van der Waals surface area contributed by atoms with Crippen molar-refractivity contribution in [3.05, 3.63) is 47.5 Å². The normalized spacial score (nSPS) is 15.5. The van der Waals surface area contributed by atoms with E-state index in [0.717, 1.165) is 54.9 Å². The number of amides is 1. The Morgan fingerprint density at radius 3 is 2.83 bits per heavy atom. The van der Waals surface area contributed by atoms with E-state index in [-0.39, 0.29) is 17.4 Å². The Balaban J connectivity index is 1.40. The number of H-pyrrole nitrogens is 1. The fraction of sp³-hybridized carbons (Fsp3) is 0.440. The zero-order valence-electron chi connectivity index (χ0n) is 20.7. The van der Waals surface area contributed by atoms with Gasteiger partial charge in [-0.05, 0) is 63.5 Å². The van der Waals surface area contributed by atoms with Gasteiger partial charge in [-0.2, -0.15) is 0 Å². The Hall–Kier alpha value is -3.54. The highest BCUT2D eigenvalue weighted by molar-refractivity contribution is 5.98. The maximum Gasteiger partial charge on any atom is 0.277 e. The molecule has 1 aliphatic heterocycles. The summed E-state index contributed by atoms with van der Waals surface area (Å²) in [5, 5.41) is 20.6. The maximum atomic E-state index is 13.0. The number of aromatic nitrogens is 5. The second-order valence-corrected chi connectivity index (χ2v) is 9.10. The van der Waals surface area contributed by atoms with E-state index in [9.17, 15) is 9.90 Å². The van der Waals surface area contributed by atoms with Crippen LogP contribution < -0.4 is 26.3 Å². The summed E-state index contributed by atoms with van der Waals surface area (Å²) in [5.74, 6) is 0.665. The molecule has 4 heterocycles. The first-order valence-electron chi connectivity index (χ1n) is 12.6. The van der Waals surface area contributed by atoms with Gasteiger partial charge in [0.1, 0.15) is 18.3 Å². The second-order valence-electron chi connectivity index (χ2n) is 9.10. The zero-order valence-corrected chi connectivity index (χ0v) is 20.7. The molecule has 7 N–H and O–H groups in total. The average molecular weight is 493 g/mol. The Morgan fingerprint density at radius 2 is 2.08 bits per heavy atom. The van der Waals surface area contributed by atoms with Crippen LogP contribution in [-0.4, -0.2) is 49.7 Å². The number of anilines is 1. The number of aliphatic hydroxyl groups is 1. The summed E-state index contributed by atoms with van der Waals surface area (Å²) in [4.78, 5) is 24.5. The van der Waals surface area contributed by atoms with Crippen molar-refractivity contribution < 1.29 is 14.5 Å². The first kappa shape index (κ1) is 24.2. The average Bonchev–Trinajstić information content (AvgIpc) is 3.47. The summed E-state index contributed by atoms with van der Waals surface area (Å²) in [5.41, 5.74) is 10.1. The molecule has 11 heteroatoms. The molecule has 1 amide bonds. The smallest absolute Gasteiger partial charge is 0.277 e. The van der Waals surface area contributed by atoms with Crippen molar-refractivity contribution in [1.82, 2.24) is 35.5 Å². The quantitative estimate of drug-likeness (QED) is 0.159. The number of rotatable bonds is 8. The van der Waals surface area contributed by atoms with Crippen LogP contribution in [0.25, 0.3) is 22.2 Å². The number of hydrogen-bond acceptors (Lipinski definition) is 7. The largest absolute Gasteiger partial charge is 0.382 e. The summed E-state index contributed by atoms with van der Waals surface area (Å²) < 4.78 is 4.35. The van der Waals surface area contributed by atoms with Gasteiger partial charge in [-0.1, -0.05) is 6.07 Å². The number of nitrogens with one attached hydrogen (secondary N) is 4. The lowest BCUT2D eigenvalue weighted by atomic mass is 10.1. The summed E-state index contributed by atoms with van der Waals surface area (Å²) in [6.07, 6.45) is 2.97. The third-order valence-electron chi connectivity index (χ3n) is 6.92. The predicted octanol–water partition coefficient (Wildman–Crippen LogP) is 1.08. The molecule has 1 fully saturated rings. The Morgan fingerprint density at radius 1 is 1.28 bits per heavy atom. The molecule has 0 saturated carbocycles. The lowest BCUT2D eigenvalue weighted by Crippen LogP contribution is -2.41. The number of nitrogen functional groups attached to an aromatic ring is 1. The van der Waals surface area contributed by atoms with E-state index in [1.807, 2.05) is 18.2 Å². The molecule has 0 bridgehead atoms. The van der Waals surface area contributed by atoms with Crippen LogP contribution in [0.3, 0.4) is 0 Å². The van der Waals surface area contributed by atoms with E-state index < -0.39 is 6.23 Å². The molecule has 5 rings (SSSR count). The van der Waals surface area contributed by atoms with Crippen molar-refractivity contribution in [3.8, 4) is 0 Å². The molecule has 36 heavy (non-hydrogen) atoms. The fourth-order valence-electron chi connectivity index (χ4n) is 5.08. The van der Waals surface area contributed by atoms with Crippen molar-refractivity contribution in [3.63, 3.8) is 0 Å². The van der Waals surface area contributed by atoms with Gasteiger partial charge in [0.2, 0.25) is 0 Å². The lowest BCUT2D eigenvalue weighted by Gasteiger charge is -2.26. The van der Waals surface area contributed by atoms with E-state index >= 15 is 0 Å². The maximum absolute atomic E-state index is 13.0. The fourth-order valence-corrected chi connectivity index (χ4v) is 5.08. The molecule has 0 aliphatic carbocycles. The number of benzene rings is 1. The SMILES string of the molecule is CCn1c(CNC(=O)c2nc3cc[nH]c3nc2N)[n+](CC)c2ccc(C(O)NC3CCNCC3)cc21. The van der Waals surface area contributed by atoms with Crippen LogP contribution in [0, 0.1) is 0 Å². The number of fused-ring (bicyclic) bond motifs is 2. The molecule has 1 unspecified atom stereocenters. The summed E-state index contributed by atoms with van der Waals surface area (Å²) in [7, 11) is 0. The molecule has 11 nitrogen and oxygen atoms in total. The van der Waals surface area contributed by atoms with Crippen LogP contribution in [0.2, 0.25) is 0 Å². The molecule has 0 radical (unpaired) electrons. The van der Waals surface area contributed by atoms with E-state index in [2.05, 4.69) is 53.9 Å². The standard InChI is InChI=1S/C25H33N9O2/c1-3-33-18-6-5-15(24(35)30-16-7-10-27-11-8-16)13-19(18)34(4-2)20(33)14-29-25(36)21-22(26)32-23-17(31-21)9-12-28-23/h5-6,9,12-13,16,24,27,30,35H,3-4,7-8,10-11,14H2,1-2H3,(H3-,26,28,29,31,32,36)/p+1. The van der Waals surface area contributed by atoms with E-state index in [1.165, 1.54) is 0 Å². The minimum absolute atomic E-state index is 0.0849. The third-order valence-corrected chi connectivity index (χ3v) is 6.92. The first-order valence-corrected chi connectivity index (χ1v) is 12.6. The Kier molecular flexibility index (Phi) is 6.86. The number of piperidine rings is 1. The molecule has 1 saturated heterocycles. The molecule has 0 spiro atoms. The number of carbonyl (C=O) groups excluding carboxylic acids is 1. The number of aromatic amines is 1. The highest BCUT2D eigenvalue weighted by Crippen LogP contribution is 2.22. The van der Waals surface area contributed by atoms with Crippen LogP contribution >= 0.6 is 0 Å². The van der Waals surface area contributed by atoms with Crippen LogP contribution in [0.4, 0.5) is 5.82 Å². The summed E-state index contributed by atoms with van der Waals surface area (Å²) in [6, 6.07) is 8.10. The molecule has 4 aromatic rings. The molecule has 1 aliphatic rings. The predicted molar refractivity (Wildman–Crippen MR) is 137 cm³/mol. The van der Waals surface area contributed by atoms with Crippen LogP contribution in [0.1, 0.15) is 54.8 Å². The van der Waals surface area contributed by atoms with Crippen LogP contribution in [0.5, 0.6) is 0 Å². The number of aryl methyl sites for hydroxylation is 2. The van der Waals surface area contributed by atoms with Gasteiger partial charge in [0.25, 0.3) is 11.7 Å². The number of nitrogens with two attached hydrogens (primary N) is 1. The van der Waals surface area contributed by atoms with Crippen LogP contribution in [-0.2, 0) is 19.6 Å². The zero-order chi connectivity index (χ0) is 25.2. The minimum atomic E-state index is -0.735. The van der Waals surface area contributed by atoms with Gasteiger partial charge in [-0.25, -0.2) is 19.1 Å². The van der Waals surface area contributed by atoms with Crippen molar-refractivity contribution in [1.29, 1.82) is 0 Å². The first-order chi connectivity index (χ1) is 17.5. The van der Waals surface area contributed by atoms with E-state index in [0.29, 0.717) is 30.3 Å². The Bertz CT molecular complexity index is 1390. The minimum Gasteiger partial charge on any atom is -0.382 e. The van der Waals surface area contributed by atoms with Gasteiger partial charge in [0.15, 0.2) is 28.2 Å². The summed E-state index contributed by atoms with van der Waals surface area (Å²) >= 11 is 0. The number of hydrogen-bond donors (Lipinski definition) is 6. The van der Waals surface area contributed by atoms with Gasteiger partial charge < -0.3 is 26.5 Å². The van der Waals surface area contributed by atoms with E-state index in [4.69, 9.17) is 5.73 Å². The van der Waals surface area contributed by atoms with Gasteiger partial charge in [0, 0.05) is 12.2 Å². The van der Waals surface area contributed by atoms with Crippen molar-refractivity contribution in [2.24, 2.45) is 0 Å². The molecule has 190 valence electrons. The molecular formula is C25H34N9O2+. The number of aliphatic hydroxyl groups excluding tert-OH is 1. The van der Waals surface area contributed by atoms with Crippen LogP contribution in [0.15, 0.2) is 30.5 Å². The van der Waals surface area contributed by atoms with Gasteiger partial charge >= 0.3 is 0 Å². The lowest BCUT2D eigenvalue weighted by molar-refractivity contribution is -0.676. The monoisotopic (exact) mass is 492 g/mol. The van der Waals surface area contributed by atoms with Gasteiger partial charge in [-0.3, -0.25) is 10.1 Å². The molecular weight excluding hydrogens is 458 g/mol. The number of imidazole rings is 1. The highest BCUT2D eigenvalue weighted by Gasteiger charge is 2.26. The molecule has 1 atom stereocenters. The highest BCUT2D eigenvalue weighted by atomic mass is 16.3. The van der Waals surface area contributed by atoms with Crippen molar-refractivity contribution in [2.45, 2.75) is 58.6 Å². The second kappa shape index (κ2) is 10.2. The van der Waals surface area contributed by atoms with E-state index in [1.54, 1.807) is 12.3 Å². The number of carbonyl (C=O) groups is 1. The van der Waals surface area contributed by atoms with Crippen molar-refractivity contribution >= 4 is 33.9 Å².